The molecule has 10 nitrogen and oxygen atoms in total. The lowest BCUT2D eigenvalue weighted by Gasteiger charge is -2.17. The lowest BCUT2D eigenvalue weighted by Crippen LogP contribution is -2.28. The second kappa shape index (κ2) is 10.3. The van der Waals surface area contributed by atoms with Crippen LogP contribution in [-0.2, 0) is 6.18 Å². The van der Waals surface area contributed by atoms with Crippen LogP contribution in [0.25, 0.3) is 0 Å². The van der Waals surface area contributed by atoms with Crippen LogP contribution in [0.4, 0.5) is 24.8 Å². The standard InChI is InChI=1S/C21H19ClF3N7O3S/c1-10(30-18(34)14-5-17(29-9-28-14)32-3-2-11(33)8-32)20-27-7-15(36-20)19(35)31-16-4-12(21(23,24)25)13(22)6-26-16/h4-7,9-11,33H,2-3,8H2,1H3,(H,30,34)(H,26,31,35)/t10-,11+/m1/s1. The monoisotopic (exact) mass is 541 g/mol. The Hall–Kier alpha value is -3.36. The third kappa shape index (κ3) is 5.88. The molecular weight excluding hydrogens is 523 g/mol. The largest absolute Gasteiger partial charge is 0.418 e. The summed E-state index contributed by atoms with van der Waals surface area (Å²) in [6.45, 7) is 2.69. The second-order valence-corrected chi connectivity index (χ2v) is 9.38. The third-order valence-corrected chi connectivity index (χ3v) is 6.72. The topological polar surface area (TPSA) is 133 Å². The van der Waals surface area contributed by atoms with Crippen molar-refractivity contribution in [3.05, 3.63) is 57.0 Å². The molecule has 36 heavy (non-hydrogen) atoms. The molecule has 0 radical (unpaired) electrons. The molecule has 1 aliphatic rings. The average molecular weight is 542 g/mol. The molecule has 2 atom stereocenters. The molecule has 0 unspecified atom stereocenters. The van der Waals surface area contributed by atoms with Gasteiger partial charge in [0.2, 0.25) is 0 Å². The number of β-amino-alcohol motifs (C(OH)–C–C–N with tert-alkyl or cyclic N) is 1. The molecule has 0 aliphatic carbocycles. The van der Waals surface area contributed by atoms with Crippen LogP contribution in [0.5, 0.6) is 0 Å². The van der Waals surface area contributed by atoms with Gasteiger partial charge in [-0.3, -0.25) is 9.59 Å². The number of pyridine rings is 1. The first kappa shape index (κ1) is 25.7. The predicted octanol–water partition coefficient (Wildman–Crippen LogP) is 3.31. The number of amides is 2. The number of rotatable bonds is 6. The van der Waals surface area contributed by atoms with E-state index < -0.39 is 40.7 Å². The molecular formula is C21H19ClF3N7O3S. The summed E-state index contributed by atoms with van der Waals surface area (Å²) in [7, 11) is 0. The Labute approximate surface area is 211 Å². The van der Waals surface area contributed by atoms with Crippen molar-refractivity contribution < 1.29 is 27.9 Å². The minimum atomic E-state index is -4.70. The summed E-state index contributed by atoms with van der Waals surface area (Å²) in [5, 5.41) is 14.5. The van der Waals surface area contributed by atoms with Gasteiger partial charge in [-0.1, -0.05) is 11.6 Å². The Morgan fingerprint density at radius 1 is 1.19 bits per heavy atom. The molecule has 0 spiro atoms. The Morgan fingerprint density at radius 2 is 1.97 bits per heavy atom. The number of aromatic nitrogens is 4. The molecule has 2 amide bonds. The molecule has 0 saturated carbocycles. The van der Waals surface area contributed by atoms with E-state index in [1.165, 1.54) is 18.6 Å². The summed E-state index contributed by atoms with van der Waals surface area (Å²) < 4.78 is 39.1. The highest BCUT2D eigenvalue weighted by Crippen LogP contribution is 2.35. The Balaban J connectivity index is 1.40. The number of anilines is 2. The maximum Gasteiger partial charge on any atom is 0.418 e. The van der Waals surface area contributed by atoms with E-state index in [9.17, 15) is 27.9 Å². The Kier molecular flexibility index (Phi) is 7.38. The lowest BCUT2D eigenvalue weighted by atomic mass is 10.2. The van der Waals surface area contributed by atoms with Crippen LogP contribution in [0, 0.1) is 0 Å². The van der Waals surface area contributed by atoms with Crippen LogP contribution in [0.1, 0.15) is 50.1 Å². The van der Waals surface area contributed by atoms with E-state index >= 15 is 0 Å². The van der Waals surface area contributed by atoms with Gasteiger partial charge in [-0.2, -0.15) is 13.2 Å². The van der Waals surface area contributed by atoms with Gasteiger partial charge in [-0.25, -0.2) is 19.9 Å². The highest BCUT2D eigenvalue weighted by molar-refractivity contribution is 7.13. The molecule has 1 saturated heterocycles. The zero-order valence-electron chi connectivity index (χ0n) is 18.6. The fourth-order valence-corrected chi connectivity index (χ4v) is 4.45. The number of hydrogen-bond donors (Lipinski definition) is 3. The van der Waals surface area contributed by atoms with E-state index in [4.69, 9.17) is 11.6 Å². The highest BCUT2D eigenvalue weighted by Gasteiger charge is 2.34. The first-order chi connectivity index (χ1) is 17.0. The Morgan fingerprint density at radius 3 is 2.67 bits per heavy atom. The number of carbonyl (C=O) groups excluding carboxylic acids is 2. The van der Waals surface area contributed by atoms with Gasteiger partial charge in [0.15, 0.2) is 0 Å². The van der Waals surface area contributed by atoms with Gasteiger partial charge in [0, 0.05) is 25.4 Å². The van der Waals surface area contributed by atoms with Gasteiger partial charge < -0.3 is 20.6 Å². The summed E-state index contributed by atoms with van der Waals surface area (Å²) in [6, 6.07) is 1.57. The van der Waals surface area contributed by atoms with Crippen LogP contribution < -0.4 is 15.5 Å². The minimum absolute atomic E-state index is 0.105. The SMILES string of the molecule is C[C@@H](NC(=O)c1cc(N2CC[C@H](O)C2)ncn1)c1ncc(C(=O)Nc2cc(C(F)(F)F)c(Cl)cn2)s1. The molecule has 4 rings (SSSR count). The quantitative estimate of drug-likeness (QED) is 0.433. The van der Waals surface area contributed by atoms with Gasteiger partial charge in [-0.15, -0.1) is 11.3 Å². The number of nitrogens with one attached hydrogen (secondary N) is 2. The van der Waals surface area contributed by atoms with Gasteiger partial charge in [-0.05, 0) is 19.4 Å². The molecule has 1 fully saturated rings. The van der Waals surface area contributed by atoms with Crippen molar-refractivity contribution in [1.82, 2.24) is 25.3 Å². The molecule has 0 bridgehead atoms. The van der Waals surface area contributed by atoms with Crippen molar-refractivity contribution in [2.75, 3.05) is 23.3 Å². The smallest absolute Gasteiger partial charge is 0.391 e. The van der Waals surface area contributed by atoms with Crippen molar-refractivity contribution in [1.29, 1.82) is 0 Å². The van der Waals surface area contributed by atoms with Gasteiger partial charge in [0.05, 0.1) is 28.9 Å². The van der Waals surface area contributed by atoms with E-state index in [2.05, 4.69) is 30.6 Å². The minimum Gasteiger partial charge on any atom is -0.391 e. The molecule has 3 N–H and O–H groups in total. The average Bonchev–Trinajstić information content (AvgIpc) is 3.49. The second-order valence-electron chi connectivity index (χ2n) is 7.91. The predicted molar refractivity (Wildman–Crippen MR) is 125 cm³/mol. The zero-order valence-corrected chi connectivity index (χ0v) is 20.2. The van der Waals surface area contributed by atoms with Crippen molar-refractivity contribution >= 4 is 46.4 Å². The number of nitrogens with zero attached hydrogens (tertiary/aromatic N) is 5. The van der Waals surface area contributed by atoms with E-state index in [1.54, 1.807) is 6.92 Å². The fourth-order valence-electron chi connectivity index (χ4n) is 3.42. The normalized spacial score (nSPS) is 16.6. The molecule has 1 aliphatic heterocycles. The number of aliphatic hydroxyl groups excluding tert-OH is 1. The van der Waals surface area contributed by atoms with Gasteiger partial charge in [0.25, 0.3) is 11.8 Å². The molecule has 0 aromatic carbocycles. The molecule has 3 aromatic rings. The van der Waals surface area contributed by atoms with Crippen LogP contribution in [-0.4, -0.2) is 56.1 Å². The van der Waals surface area contributed by atoms with Crippen LogP contribution >= 0.6 is 22.9 Å². The van der Waals surface area contributed by atoms with E-state index in [0.29, 0.717) is 36.4 Å². The van der Waals surface area contributed by atoms with Crippen molar-refractivity contribution in [2.24, 2.45) is 0 Å². The van der Waals surface area contributed by atoms with Gasteiger partial charge in [0.1, 0.15) is 33.5 Å². The number of thiazole rings is 1. The van der Waals surface area contributed by atoms with Crippen molar-refractivity contribution in [3.8, 4) is 0 Å². The molecule has 4 heterocycles. The third-order valence-electron chi connectivity index (χ3n) is 5.24. The van der Waals surface area contributed by atoms with Crippen LogP contribution in [0.2, 0.25) is 5.02 Å². The summed E-state index contributed by atoms with van der Waals surface area (Å²) in [4.78, 5) is 43.2. The number of aliphatic hydroxyl groups is 1. The summed E-state index contributed by atoms with van der Waals surface area (Å²) in [6.07, 6.45) is -1.22. The number of hydrogen-bond acceptors (Lipinski definition) is 9. The summed E-state index contributed by atoms with van der Waals surface area (Å²) in [5.41, 5.74) is -0.998. The maximum atomic E-state index is 13.0. The number of halogens is 4. The van der Waals surface area contributed by atoms with Crippen molar-refractivity contribution in [3.63, 3.8) is 0 Å². The van der Waals surface area contributed by atoms with Crippen molar-refractivity contribution in [2.45, 2.75) is 31.7 Å². The maximum absolute atomic E-state index is 13.0. The summed E-state index contributed by atoms with van der Waals surface area (Å²) in [5.74, 6) is -0.999. The molecule has 3 aromatic heterocycles. The fraction of sp³-hybridized carbons (Fsp3) is 0.333. The van der Waals surface area contributed by atoms with Crippen LogP contribution in [0.15, 0.2) is 30.9 Å². The summed E-state index contributed by atoms with van der Waals surface area (Å²) >= 11 is 6.51. The van der Waals surface area contributed by atoms with E-state index in [-0.39, 0.29) is 16.4 Å². The highest BCUT2D eigenvalue weighted by atomic mass is 35.5. The number of carbonyl (C=O) groups is 2. The molecule has 190 valence electrons. The lowest BCUT2D eigenvalue weighted by molar-refractivity contribution is -0.137. The first-order valence-electron chi connectivity index (χ1n) is 10.6. The first-order valence-corrected chi connectivity index (χ1v) is 11.8. The Bertz CT molecular complexity index is 1290. The van der Waals surface area contributed by atoms with E-state index in [1.807, 2.05) is 4.90 Å². The van der Waals surface area contributed by atoms with E-state index in [0.717, 1.165) is 17.5 Å². The number of alkyl halides is 3. The zero-order chi connectivity index (χ0) is 26.0. The molecule has 15 heteroatoms. The van der Waals surface area contributed by atoms with Crippen LogP contribution in [0.3, 0.4) is 0 Å². The van der Waals surface area contributed by atoms with Gasteiger partial charge >= 0.3 is 6.18 Å².